The molecule has 0 spiro atoms. The van der Waals surface area contributed by atoms with Crippen molar-refractivity contribution >= 4 is 12.3 Å². The molecule has 0 heterocycles. The molecule has 5 nitrogen and oxygen atoms in total. The number of hydrogen-bond acceptors (Lipinski definition) is 3. The molecule has 0 aliphatic rings. The summed E-state index contributed by atoms with van der Waals surface area (Å²) < 4.78 is 0. The molecule has 6 heteroatoms. The summed E-state index contributed by atoms with van der Waals surface area (Å²) in [6.45, 7) is 5.41. The molecular formula is C13H24BrN3O2. The molecule has 0 bridgehead atoms. The average molecular weight is 334 g/mol. The van der Waals surface area contributed by atoms with Gasteiger partial charge in [-0.3, -0.25) is 14.5 Å². The second-order valence-corrected chi connectivity index (χ2v) is 4.92. The largest absolute Gasteiger partial charge is 1.00 e. The maximum absolute atomic E-state index is 12.0. The van der Waals surface area contributed by atoms with Gasteiger partial charge < -0.3 is 27.2 Å². The lowest BCUT2D eigenvalue weighted by atomic mass is 10.0. The average Bonchev–Trinajstić information content (AvgIpc) is 2.34. The van der Waals surface area contributed by atoms with Crippen LogP contribution in [0.15, 0.2) is 0 Å². The maximum atomic E-state index is 12.0. The molecule has 0 saturated carbocycles. The Kier molecular flexibility index (Phi) is 10.7. The predicted molar refractivity (Wildman–Crippen MR) is 71.0 cm³/mol. The number of nitrogens with one attached hydrogen (secondary N) is 2. The third-order valence-electron chi connectivity index (χ3n) is 2.95. The van der Waals surface area contributed by atoms with E-state index >= 15 is 0 Å². The summed E-state index contributed by atoms with van der Waals surface area (Å²) in [6.07, 6.45) is 6.55. The van der Waals surface area contributed by atoms with Crippen LogP contribution in [0.3, 0.4) is 0 Å². The van der Waals surface area contributed by atoms with Crippen LogP contribution in [0.4, 0.5) is 0 Å². The number of carbonyl (C=O) groups excluding carboxylic acids is 2. The Labute approximate surface area is 126 Å². The summed E-state index contributed by atoms with van der Waals surface area (Å²) in [7, 11) is 3.69. The van der Waals surface area contributed by atoms with Gasteiger partial charge in [-0.2, -0.15) is 0 Å². The normalized spacial score (nSPS) is 11.9. The smallest absolute Gasteiger partial charge is 0.248 e. The topological polar surface area (TPSA) is 53.9 Å². The van der Waals surface area contributed by atoms with E-state index < -0.39 is 5.54 Å². The number of halogens is 1. The van der Waals surface area contributed by atoms with E-state index in [1.807, 2.05) is 7.05 Å². The van der Waals surface area contributed by atoms with Crippen molar-refractivity contribution in [1.82, 2.24) is 10.2 Å². The van der Waals surface area contributed by atoms with Gasteiger partial charge in [0.15, 0.2) is 0 Å². The van der Waals surface area contributed by atoms with Crippen LogP contribution < -0.4 is 27.2 Å². The van der Waals surface area contributed by atoms with Gasteiger partial charge in [-0.05, 0) is 26.8 Å². The van der Waals surface area contributed by atoms with Gasteiger partial charge in [-0.25, -0.2) is 0 Å². The van der Waals surface area contributed by atoms with Crippen molar-refractivity contribution in [2.24, 2.45) is 0 Å². The Bertz CT molecular complexity index is 326. The van der Waals surface area contributed by atoms with E-state index in [0.717, 1.165) is 13.0 Å². The second-order valence-electron chi connectivity index (χ2n) is 4.92. The number of nitrogens with zero attached hydrogens (tertiary/aromatic N) is 1. The molecule has 0 saturated heterocycles. The molecule has 19 heavy (non-hydrogen) atoms. The third-order valence-corrected chi connectivity index (χ3v) is 2.95. The van der Waals surface area contributed by atoms with E-state index in [1.165, 1.54) is 9.80 Å². The third kappa shape index (κ3) is 7.31. The lowest BCUT2D eigenvalue weighted by Crippen LogP contribution is -3.08. The zero-order valence-corrected chi connectivity index (χ0v) is 13.7. The number of quaternary nitrogens is 1. The molecule has 1 atom stereocenters. The van der Waals surface area contributed by atoms with Crippen LogP contribution >= 0.6 is 0 Å². The van der Waals surface area contributed by atoms with Gasteiger partial charge in [0.1, 0.15) is 6.54 Å². The first-order valence-corrected chi connectivity index (χ1v) is 6.09. The fourth-order valence-corrected chi connectivity index (χ4v) is 1.48. The Morgan fingerprint density at radius 1 is 1.53 bits per heavy atom. The lowest BCUT2D eigenvalue weighted by Gasteiger charge is -2.27. The van der Waals surface area contributed by atoms with Crippen molar-refractivity contribution < 1.29 is 31.5 Å². The molecule has 0 aromatic heterocycles. The Balaban J connectivity index is 0. The Morgan fingerprint density at radius 3 is 2.53 bits per heavy atom. The van der Waals surface area contributed by atoms with Crippen LogP contribution in [0.25, 0.3) is 0 Å². The molecule has 0 aromatic carbocycles. The molecule has 0 radical (unpaired) electrons. The highest BCUT2D eigenvalue weighted by Crippen LogP contribution is 2.06. The molecule has 2 N–H and O–H groups in total. The van der Waals surface area contributed by atoms with Gasteiger partial charge in [0.25, 0.3) is 0 Å². The Hall–Kier alpha value is -0.900. The van der Waals surface area contributed by atoms with Crippen LogP contribution in [0, 0.1) is 12.3 Å². The molecule has 2 amide bonds. The number of terminal acetylenes is 1. The van der Waals surface area contributed by atoms with Crippen molar-refractivity contribution in [3.8, 4) is 12.3 Å². The van der Waals surface area contributed by atoms with Crippen LogP contribution in [-0.2, 0) is 9.59 Å². The van der Waals surface area contributed by atoms with E-state index in [1.54, 1.807) is 20.9 Å². The van der Waals surface area contributed by atoms with Crippen LogP contribution in [0.2, 0.25) is 0 Å². The minimum atomic E-state index is -0.724. The fraction of sp³-hybridized carbons (Fsp3) is 0.692. The SMILES string of the molecule is C#CC[NH+](C)CCCN(C=O)C(=O)C(C)(C)NC.[Br-]. The van der Waals surface area contributed by atoms with E-state index in [0.29, 0.717) is 19.5 Å². The fourth-order valence-electron chi connectivity index (χ4n) is 1.48. The summed E-state index contributed by atoms with van der Waals surface area (Å²) in [5, 5.41) is 2.89. The van der Waals surface area contributed by atoms with Gasteiger partial charge in [0.2, 0.25) is 12.3 Å². The summed E-state index contributed by atoms with van der Waals surface area (Å²) in [4.78, 5) is 25.4. The standard InChI is InChI=1S/C13H23N3O2.BrH/c1-6-8-15(5)9-7-10-16(11-17)12(18)13(2,3)14-4;/h1,11,14H,7-10H2,2-5H3;1H. The van der Waals surface area contributed by atoms with Gasteiger partial charge in [0, 0.05) is 13.0 Å². The van der Waals surface area contributed by atoms with Crippen molar-refractivity contribution in [1.29, 1.82) is 0 Å². The molecule has 1 unspecified atom stereocenters. The number of carbonyl (C=O) groups is 2. The first kappa shape index (κ1) is 20.4. The van der Waals surface area contributed by atoms with E-state index in [4.69, 9.17) is 6.42 Å². The minimum Gasteiger partial charge on any atom is -1.00 e. The number of amides is 2. The zero-order valence-electron chi connectivity index (χ0n) is 12.1. The predicted octanol–water partition coefficient (Wildman–Crippen LogP) is -4.49. The summed E-state index contributed by atoms with van der Waals surface area (Å²) in [5.41, 5.74) is -0.724. The quantitative estimate of drug-likeness (QED) is 0.348. The lowest BCUT2D eigenvalue weighted by molar-refractivity contribution is -0.872. The highest BCUT2D eigenvalue weighted by molar-refractivity contribution is 5.92. The molecule has 0 rings (SSSR count). The minimum absolute atomic E-state index is 0. The molecule has 0 fully saturated rings. The second kappa shape index (κ2) is 9.96. The first-order valence-electron chi connectivity index (χ1n) is 6.09. The maximum Gasteiger partial charge on any atom is 0.248 e. The summed E-state index contributed by atoms with van der Waals surface area (Å²) >= 11 is 0. The van der Waals surface area contributed by atoms with Gasteiger partial charge in [0.05, 0.1) is 19.1 Å². The highest BCUT2D eigenvalue weighted by atomic mass is 79.9. The first-order chi connectivity index (χ1) is 8.38. The van der Waals surface area contributed by atoms with Gasteiger partial charge >= 0.3 is 0 Å². The zero-order chi connectivity index (χ0) is 14.2. The van der Waals surface area contributed by atoms with E-state index in [2.05, 4.69) is 11.2 Å². The van der Waals surface area contributed by atoms with Crippen molar-refractivity contribution in [3.05, 3.63) is 0 Å². The van der Waals surface area contributed by atoms with Crippen LogP contribution in [-0.4, -0.2) is 56.5 Å². The number of likely N-dealkylation sites (N-methyl/N-ethyl adjacent to an activating group) is 1. The molecule has 0 aliphatic heterocycles. The van der Waals surface area contributed by atoms with Gasteiger partial charge in [-0.1, -0.05) is 0 Å². The van der Waals surface area contributed by atoms with Crippen LogP contribution in [0.5, 0.6) is 0 Å². The molecular weight excluding hydrogens is 310 g/mol. The highest BCUT2D eigenvalue weighted by Gasteiger charge is 2.29. The molecule has 0 aromatic rings. The van der Waals surface area contributed by atoms with Gasteiger partial charge in [-0.15, -0.1) is 6.42 Å². The molecule has 110 valence electrons. The van der Waals surface area contributed by atoms with E-state index in [9.17, 15) is 9.59 Å². The summed E-state index contributed by atoms with van der Waals surface area (Å²) in [5.74, 6) is 2.37. The van der Waals surface area contributed by atoms with E-state index in [-0.39, 0.29) is 22.9 Å². The van der Waals surface area contributed by atoms with Crippen molar-refractivity contribution in [2.45, 2.75) is 25.8 Å². The van der Waals surface area contributed by atoms with Crippen molar-refractivity contribution in [3.63, 3.8) is 0 Å². The number of rotatable bonds is 8. The number of hydrogen-bond donors (Lipinski definition) is 2. The Morgan fingerprint density at radius 2 is 2.11 bits per heavy atom. The summed E-state index contributed by atoms with van der Waals surface area (Å²) in [6, 6.07) is 0. The van der Waals surface area contributed by atoms with Crippen LogP contribution in [0.1, 0.15) is 20.3 Å². The number of imide groups is 1. The van der Waals surface area contributed by atoms with Crippen molar-refractivity contribution in [2.75, 3.05) is 33.7 Å². The monoisotopic (exact) mass is 333 g/mol. The molecule has 0 aliphatic carbocycles.